The Morgan fingerprint density at radius 3 is 2.50 bits per heavy atom. The van der Waals surface area contributed by atoms with Crippen molar-refractivity contribution in [3.63, 3.8) is 0 Å². The van der Waals surface area contributed by atoms with Crippen LogP contribution in [0.1, 0.15) is 15.9 Å². The first kappa shape index (κ1) is 22.9. The highest BCUT2D eigenvalue weighted by Gasteiger charge is 2.41. The van der Waals surface area contributed by atoms with Crippen LogP contribution in [-0.4, -0.2) is 55.9 Å². The topological polar surface area (TPSA) is 123 Å². The number of nitrogens with one attached hydrogen (secondary N) is 1. The van der Waals surface area contributed by atoms with Crippen LogP contribution < -0.4 is 5.43 Å². The van der Waals surface area contributed by atoms with Crippen molar-refractivity contribution in [2.75, 3.05) is 20.6 Å². The second-order valence-electron chi connectivity index (χ2n) is 7.84. The van der Waals surface area contributed by atoms with Crippen LogP contribution in [0.3, 0.4) is 0 Å². The van der Waals surface area contributed by atoms with Crippen molar-refractivity contribution < 1.29 is 28.2 Å². The molecule has 10 nitrogen and oxygen atoms in total. The average Bonchev–Trinajstić information content (AvgIpc) is 3.19. The van der Waals surface area contributed by atoms with Gasteiger partial charge in [0.15, 0.2) is 5.60 Å². The predicted molar refractivity (Wildman–Crippen MR) is 108 cm³/mol. The number of halogens is 2. The number of aliphatic hydroxyl groups is 1. The number of nitrogens with zero attached hydrogens (tertiary/aromatic N) is 5. The van der Waals surface area contributed by atoms with E-state index in [-0.39, 0.29) is 34.5 Å². The summed E-state index contributed by atoms with van der Waals surface area (Å²) in [5.41, 5.74) is 0.602. The van der Waals surface area contributed by atoms with E-state index in [2.05, 4.69) is 15.5 Å². The maximum atomic E-state index is 14.6. The number of nitro benzene ring substituents is 1. The monoisotopic (exact) mass is 447 g/mol. The van der Waals surface area contributed by atoms with E-state index in [0.29, 0.717) is 6.07 Å². The van der Waals surface area contributed by atoms with Crippen molar-refractivity contribution >= 4 is 11.6 Å². The summed E-state index contributed by atoms with van der Waals surface area (Å²) in [6.45, 7) is -0.446. The summed E-state index contributed by atoms with van der Waals surface area (Å²) in [5.74, 6) is -2.31. The van der Waals surface area contributed by atoms with Gasteiger partial charge in [0.25, 0.3) is 11.6 Å². The van der Waals surface area contributed by atoms with Gasteiger partial charge in [-0.3, -0.25) is 14.9 Å². The molecule has 0 bridgehead atoms. The van der Waals surface area contributed by atoms with Gasteiger partial charge in [-0.1, -0.05) is 0 Å². The Kier molecular flexibility index (Phi) is 6.27. The number of carbonyl (C=O) groups excluding carboxylic acids is 1. The molecule has 1 unspecified atom stereocenters. The van der Waals surface area contributed by atoms with Gasteiger partial charge in [0, 0.05) is 29.3 Å². The number of likely N-dealkylation sites (N-methyl/N-ethyl adjacent to an activating group) is 1. The third kappa shape index (κ3) is 5.28. The van der Waals surface area contributed by atoms with Crippen LogP contribution in [0, 0.1) is 21.7 Å². The molecule has 0 saturated carbocycles. The van der Waals surface area contributed by atoms with E-state index in [1.807, 2.05) is 0 Å². The van der Waals surface area contributed by atoms with Crippen molar-refractivity contribution in [2.24, 2.45) is 0 Å². The number of nitro groups is 1. The summed E-state index contributed by atoms with van der Waals surface area (Å²) in [5, 5.41) is 26.2. The standard InChI is InChI=1S/C20H20F2N6O4/c1-28(2,25-19(29)14-3-6-16(7-4-14)27(31)32)11-20(30,10-26-13-23-12-24-26)17-8-5-15(21)9-18(17)22/h3-9,12-13,30H,10-11H2,1-2H3/p+1. The van der Waals surface area contributed by atoms with Crippen molar-refractivity contribution in [1.29, 1.82) is 0 Å². The molecule has 1 aromatic heterocycles. The van der Waals surface area contributed by atoms with E-state index in [1.165, 1.54) is 41.6 Å². The third-order valence-electron chi connectivity index (χ3n) is 4.72. The average molecular weight is 447 g/mol. The molecular weight excluding hydrogens is 426 g/mol. The van der Waals surface area contributed by atoms with E-state index in [9.17, 15) is 28.8 Å². The molecule has 0 aliphatic carbocycles. The summed E-state index contributed by atoms with van der Waals surface area (Å²) in [4.78, 5) is 26.7. The minimum absolute atomic E-state index is 0.162. The van der Waals surface area contributed by atoms with Crippen LogP contribution in [0.15, 0.2) is 55.1 Å². The van der Waals surface area contributed by atoms with Crippen LogP contribution in [-0.2, 0) is 12.1 Å². The fourth-order valence-corrected chi connectivity index (χ4v) is 3.44. The second kappa shape index (κ2) is 8.77. The molecule has 12 heteroatoms. The minimum Gasteiger partial charge on any atom is -0.377 e. The molecule has 2 N–H and O–H groups in total. The Morgan fingerprint density at radius 2 is 1.94 bits per heavy atom. The molecule has 1 amide bonds. The number of carbonyl (C=O) groups is 1. The van der Waals surface area contributed by atoms with E-state index >= 15 is 0 Å². The maximum absolute atomic E-state index is 14.6. The number of hydrogen-bond acceptors (Lipinski definition) is 6. The lowest BCUT2D eigenvalue weighted by molar-refractivity contribution is -0.931. The van der Waals surface area contributed by atoms with Crippen molar-refractivity contribution in [3.8, 4) is 0 Å². The quantitative estimate of drug-likeness (QED) is 0.308. The van der Waals surface area contributed by atoms with Crippen molar-refractivity contribution in [3.05, 3.63) is 88.0 Å². The smallest absolute Gasteiger partial charge is 0.295 e. The summed E-state index contributed by atoms with van der Waals surface area (Å²) < 4.78 is 29.0. The minimum atomic E-state index is -1.91. The fraction of sp³-hybridized carbons (Fsp3) is 0.250. The molecule has 3 rings (SSSR count). The molecule has 1 atom stereocenters. The van der Waals surface area contributed by atoms with Gasteiger partial charge in [-0.15, -0.1) is 0 Å². The van der Waals surface area contributed by atoms with E-state index in [4.69, 9.17) is 0 Å². The van der Waals surface area contributed by atoms with Crippen molar-refractivity contribution in [2.45, 2.75) is 12.1 Å². The molecule has 168 valence electrons. The first-order valence-corrected chi connectivity index (χ1v) is 9.39. The van der Waals surface area contributed by atoms with Gasteiger partial charge in [0.1, 0.15) is 30.8 Å². The summed E-state index contributed by atoms with van der Waals surface area (Å²) in [6.07, 6.45) is 2.58. The fourth-order valence-electron chi connectivity index (χ4n) is 3.44. The molecule has 0 fully saturated rings. The highest BCUT2D eigenvalue weighted by molar-refractivity contribution is 5.93. The second-order valence-corrected chi connectivity index (χ2v) is 7.84. The Bertz CT molecular complexity index is 1120. The van der Waals surface area contributed by atoms with Gasteiger partial charge in [0.05, 0.1) is 25.6 Å². The lowest BCUT2D eigenvalue weighted by Crippen LogP contribution is -2.60. The third-order valence-corrected chi connectivity index (χ3v) is 4.72. The number of non-ortho nitro benzene ring substituents is 1. The Labute approximate surface area is 181 Å². The van der Waals surface area contributed by atoms with Crippen molar-refractivity contribution in [1.82, 2.24) is 20.2 Å². The highest BCUT2D eigenvalue weighted by atomic mass is 19.1. The molecule has 0 saturated heterocycles. The first-order valence-electron chi connectivity index (χ1n) is 9.39. The van der Waals surface area contributed by atoms with Crippen LogP contribution in [0.5, 0.6) is 0 Å². The van der Waals surface area contributed by atoms with E-state index in [0.717, 1.165) is 12.1 Å². The zero-order valence-electron chi connectivity index (χ0n) is 17.3. The van der Waals surface area contributed by atoms with Gasteiger partial charge >= 0.3 is 0 Å². The SMILES string of the molecule is C[N+](C)(CC(O)(Cn1cncn1)c1ccc(F)cc1F)NC(=O)c1ccc([N+](=O)[O-])cc1. The molecule has 0 aliphatic heterocycles. The zero-order valence-corrected chi connectivity index (χ0v) is 17.3. The van der Waals surface area contributed by atoms with Gasteiger partial charge in [-0.2, -0.15) is 10.5 Å². The summed E-state index contributed by atoms with van der Waals surface area (Å²) >= 11 is 0. The normalized spacial score (nSPS) is 13.4. The number of quaternary nitrogens is 1. The van der Waals surface area contributed by atoms with Gasteiger partial charge in [-0.25, -0.2) is 23.0 Å². The maximum Gasteiger partial charge on any atom is 0.295 e. The highest BCUT2D eigenvalue weighted by Crippen LogP contribution is 2.28. The van der Waals surface area contributed by atoms with Crippen LogP contribution in [0.2, 0.25) is 0 Å². The largest absolute Gasteiger partial charge is 0.377 e. The number of hydrogen-bond donors (Lipinski definition) is 2. The summed E-state index contributed by atoms with van der Waals surface area (Å²) in [6, 6.07) is 7.83. The predicted octanol–water partition coefficient (Wildman–Crippen LogP) is 1.77. The molecule has 3 aromatic rings. The summed E-state index contributed by atoms with van der Waals surface area (Å²) in [7, 11) is 3.13. The number of amides is 1. The van der Waals surface area contributed by atoms with Crippen LogP contribution in [0.25, 0.3) is 0 Å². The Hall–Kier alpha value is -3.77. The molecule has 0 radical (unpaired) electrons. The molecular formula is C20H21F2N6O4+. The lowest BCUT2D eigenvalue weighted by Gasteiger charge is -2.37. The Morgan fingerprint density at radius 1 is 1.25 bits per heavy atom. The molecule has 2 aromatic carbocycles. The van der Waals surface area contributed by atoms with Gasteiger partial charge in [0.2, 0.25) is 0 Å². The molecule has 0 spiro atoms. The first-order chi connectivity index (χ1) is 15.0. The number of rotatable bonds is 8. The zero-order chi connectivity index (χ0) is 23.5. The van der Waals surface area contributed by atoms with Crippen LogP contribution in [0.4, 0.5) is 14.5 Å². The number of aromatic nitrogens is 3. The van der Waals surface area contributed by atoms with Crippen LogP contribution >= 0.6 is 0 Å². The molecule has 32 heavy (non-hydrogen) atoms. The van der Waals surface area contributed by atoms with Gasteiger partial charge < -0.3 is 5.11 Å². The van der Waals surface area contributed by atoms with Gasteiger partial charge in [-0.05, 0) is 24.3 Å². The van der Waals surface area contributed by atoms with E-state index in [1.54, 1.807) is 14.1 Å². The van der Waals surface area contributed by atoms with E-state index < -0.39 is 28.1 Å². The number of benzene rings is 2. The molecule has 1 heterocycles. The Balaban J connectivity index is 1.86. The molecule has 0 aliphatic rings. The lowest BCUT2D eigenvalue weighted by atomic mass is 9.92.